The molecule has 1 aromatic rings. The van der Waals surface area contributed by atoms with E-state index >= 15 is 0 Å². The van der Waals surface area contributed by atoms with Crippen LogP contribution in [0.1, 0.15) is 44.2 Å². The number of benzene rings is 1. The van der Waals surface area contributed by atoms with Gasteiger partial charge >= 0.3 is 0 Å². The second kappa shape index (κ2) is 5.94. The second-order valence-corrected chi connectivity index (χ2v) is 5.88. The van der Waals surface area contributed by atoms with Gasteiger partial charge in [-0.05, 0) is 36.8 Å². The summed E-state index contributed by atoms with van der Waals surface area (Å²) >= 11 is 5.99. The standard InChI is InChI=1S/C15H22ClNO/c1-10-4-3-5-11(8-10)15(17)13-7-6-12(16)9-14(13)18-2/h6-7,9-11,15H,3-5,8,17H2,1-2H3. The molecular formula is C15H22ClNO. The summed E-state index contributed by atoms with van der Waals surface area (Å²) in [5.74, 6) is 2.16. The Morgan fingerprint density at radius 1 is 1.39 bits per heavy atom. The Morgan fingerprint density at radius 2 is 2.17 bits per heavy atom. The average Bonchev–Trinajstić information content (AvgIpc) is 2.37. The summed E-state index contributed by atoms with van der Waals surface area (Å²) in [4.78, 5) is 0. The van der Waals surface area contributed by atoms with Crippen LogP contribution in [0.4, 0.5) is 0 Å². The molecule has 2 N–H and O–H groups in total. The Kier molecular flexibility index (Phi) is 4.52. The van der Waals surface area contributed by atoms with E-state index in [1.807, 2.05) is 18.2 Å². The molecule has 1 fully saturated rings. The lowest BCUT2D eigenvalue weighted by Crippen LogP contribution is -2.26. The molecule has 3 heteroatoms. The van der Waals surface area contributed by atoms with Crippen LogP contribution < -0.4 is 10.5 Å². The van der Waals surface area contributed by atoms with E-state index in [9.17, 15) is 0 Å². The maximum Gasteiger partial charge on any atom is 0.125 e. The molecule has 0 saturated heterocycles. The van der Waals surface area contributed by atoms with Gasteiger partial charge in [-0.3, -0.25) is 0 Å². The molecule has 1 aliphatic carbocycles. The third-order valence-electron chi connectivity index (χ3n) is 4.04. The minimum atomic E-state index is 0.0555. The summed E-state index contributed by atoms with van der Waals surface area (Å²) in [5, 5.41) is 0.694. The van der Waals surface area contributed by atoms with Gasteiger partial charge < -0.3 is 10.5 Å². The summed E-state index contributed by atoms with van der Waals surface area (Å²) in [7, 11) is 1.67. The van der Waals surface area contributed by atoms with E-state index in [0.717, 1.165) is 17.2 Å². The normalized spacial score (nSPS) is 25.8. The monoisotopic (exact) mass is 267 g/mol. The molecule has 0 bridgehead atoms. The van der Waals surface area contributed by atoms with Crippen molar-refractivity contribution in [2.24, 2.45) is 17.6 Å². The fourth-order valence-electron chi connectivity index (χ4n) is 3.02. The van der Waals surface area contributed by atoms with Crippen molar-refractivity contribution in [3.05, 3.63) is 28.8 Å². The lowest BCUT2D eigenvalue weighted by Gasteiger charge is -2.32. The molecule has 0 heterocycles. The van der Waals surface area contributed by atoms with E-state index in [2.05, 4.69) is 6.92 Å². The van der Waals surface area contributed by atoms with Crippen molar-refractivity contribution in [3.8, 4) is 5.75 Å². The molecule has 18 heavy (non-hydrogen) atoms. The van der Waals surface area contributed by atoms with Crippen molar-refractivity contribution < 1.29 is 4.74 Å². The van der Waals surface area contributed by atoms with Crippen molar-refractivity contribution in [2.75, 3.05) is 7.11 Å². The highest BCUT2D eigenvalue weighted by atomic mass is 35.5. The molecule has 1 aromatic carbocycles. The van der Waals surface area contributed by atoms with Gasteiger partial charge in [-0.25, -0.2) is 0 Å². The van der Waals surface area contributed by atoms with Gasteiger partial charge in [0.25, 0.3) is 0 Å². The van der Waals surface area contributed by atoms with Gasteiger partial charge in [0, 0.05) is 16.6 Å². The number of halogens is 1. The minimum absolute atomic E-state index is 0.0555. The van der Waals surface area contributed by atoms with Crippen molar-refractivity contribution in [1.82, 2.24) is 0 Å². The van der Waals surface area contributed by atoms with E-state index in [1.54, 1.807) is 7.11 Å². The first-order valence-electron chi connectivity index (χ1n) is 6.71. The zero-order valence-electron chi connectivity index (χ0n) is 11.2. The second-order valence-electron chi connectivity index (χ2n) is 5.44. The van der Waals surface area contributed by atoms with Crippen molar-refractivity contribution >= 4 is 11.6 Å². The number of hydrogen-bond donors (Lipinski definition) is 1. The molecule has 100 valence electrons. The predicted octanol–water partition coefficient (Wildman–Crippen LogP) is 4.17. The van der Waals surface area contributed by atoms with Crippen LogP contribution in [0.25, 0.3) is 0 Å². The molecule has 0 radical (unpaired) electrons. The molecule has 2 nitrogen and oxygen atoms in total. The Balaban J connectivity index is 2.19. The highest BCUT2D eigenvalue weighted by Gasteiger charge is 2.27. The number of ether oxygens (including phenoxy) is 1. The highest BCUT2D eigenvalue weighted by molar-refractivity contribution is 6.30. The van der Waals surface area contributed by atoms with Gasteiger partial charge in [0.15, 0.2) is 0 Å². The quantitative estimate of drug-likeness (QED) is 0.892. The zero-order valence-corrected chi connectivity index (χ0v) is 11.9. The summed E-state index contributed by atoms with van der Waals surface area (Å²) in [5.41, 5.74) is 7.52. The van der Waals surface area contributed by atoms with Crippen LogP contribution in [0.2, 0.25) is 5.02 Å². The lowest BCUT2D eigenvalue weighted by molar-refractivity contribution is 0.245. The molecule has 0 spiro atoms. The van der Waals surface area contributed by atoms with E-state index in [4.69, 9.17) is 22.1 Å². The van der Waals surface area contributed by atoms with Gasteiger partial charge in [-0.1, -0.05) is 37.4 Å². The van der Waals surface area contributed by atoms with Crippen molar-refractivity contribution in [2.45, 2.75) is 38.6 Å². The highest BCUT2D eigenvalue weighted by Crippen LogP contribution is 2.39. The first-order valence-corrected chi connectivity index (χ1v) is 7.08. The molecule has 3 unspecified atom stereocenters. The van der Waals surface area contributed by atoms with Gasteiger partial charge in [-0.2, -0.15) is 0 Å². The van der Waals surface area contributed by atoms with Crippen LogP contribution >= 0.6 is 11.6 Å². The molecule has 0 aromatic heterocycles. The molecule has 2 rings (SSSR count). The van der Waals surface area contributed by atoms with Crippen LogP contribution in [0.5, 0.6) is 5.75 Å². The maximum atomic E-state index is 6.44. The SMILES string of the molecule is COc1cc(Cl)ccc1C(N)C1CCCC(C)C1. The topological polar surface area (TPSA) is 35.2 Å². The van der Waals surface area contributed by atoms with E-state index in [1.165, 1.54) is 25.7 Å². The molecule has 1 aliphatic rings. The Labute approximate surface area is 114 Å². The van der Waals surface area contributed by atoms with Gasteiger partial charge in [0.2, 0.25) is 0 Å². The van der Waals surface area contributed by atoms with Crippen LogP contribution in [0, 0.1) is 11.8 Å². The summed E-state index contributed by atoms with van der Waals surface area (Å²) in [6, 6.07) is 5.81. The number of hydrogen-bond acceptors (Lipinski definition) is 2. The smallest absolute Gasteiger partial charge is 0.125 e. The predicted molar refractivity (Wildman–Crippen MR) is 76.1 cm³/mol. The number of rotatable bonds is 3. The number of methoxy groups -OCH3 is 1. The van der Waals surface area contributed by atoms with Gasteiger partial charge in [0.1, 0.15) is 5.75 Å². The molecular weight excluding hydrogens is 246 g/mol. The molecule has 1 saturated carbocycles. The van der Waals surface area contributed by atoms with Crippen LogP contribution in [-0.4, -0.2) is 7.11 Å². The zero-order chi connectivity index (χ0) is 13.1. The summed E-state index contributed by atoms with van der Waals surface area (Å²) in [6.07, 6.45) is 5.06. The Hall–Kier alpha value is -0.730. The third-order valence-corrected chi connectivity index (χ3v) is 4.27. The molecule has 3 atom stereocenters. The van der Waals surface area contributed by atoms with Gasteiger partial charge in [-0.15, -0.1) is 0 Å². The Morgan fingerprint density at radius 3 is 2.83 bits per heavy atom. The largest absolute Gasteiger partial charge is 0.496 e. The summed E-state index contributed by atoms with van der Waals surface area (Å²) in [6.45, 7) is 2.32. The first kappa shape index (κ1) is 13.7. The van der Waals surface area contributed by atoms with E-state index < -0.39 is 0 Å². The fourth-order valence-corrected chi connectivity index (χ4v) is 3.18. The first-order chi connectivity index (χ1) is 8.61. The number of nitrogens with two attached hydrogens (primary N) is 1. The van der Waals surface area contributed by atoms with Crippen LogP contribution in [0.3, 0.4) is 0 Å². The maximum absolute atomic E-state index is 6.44. The summed E-state index contributed by atoms with van der Waals surface area (Å²) < 4.78 is 5.40. The lowest BCUT2D eigenvalue weighted by atomic mass is 9.77. The Bertz CT molecular complexity index is 407. The van der Waals surface area contributed by atoms with Gasteiger partial charge in [0.05, 0.1) is 7.11 Å². The average molecular weight is 268 g/mol. The van der Waals surface area contributed by atoms with E-state index in [0.29, 0.717) is 10.9 Å². The molecule has 0 amide bonds. The van der Waals surface area contributed by atoms with Crippen molar-refractivity contribution in [3.63, 3.8) is 0 Å². The van der Waals surface area contributed by atoms with Crippen LogP contribution in [0.15, 0.2) is 18.2 Å². The fraction of sp³-hybridized carbons (Fsp3) is 0.600. The minimum Gasteiger partial charge on any atom is -0.496 e. The third kappa shape index (κ3) is 2.99. The van der Waals surface area contributed by atoms with E-state index in [-0.39, 0.29) is 6.04 Å². The van der Waals surface area contributed by atoms with Crippen LogP contribution in [-0.2, 0) is 0 Å². The van der Waals surface area contributed by atoms with Crippen molar-refractivity contribution in [1.29, 1.82) is 0 Å². The molecule has 0 aliphatic heterocycles.